The Labute approximate surface area is 149 Å². The lowest BCUT2D eigenvalue weighted by atomic mass is 9.93. The molecule has 2 saturated heterocycles. The van der Waals surface area contributed by atoms with E-state index in [0.717, 1.165) is 51.1 Å². The van der Waals surface area contributed by atoms with Crippen molar-refractivity contribution in [3.63, 3.8) is 0 Å². The average Bonchev–Trinajstić information content (AvgIpc) is 3.36. The lowest BCUT2D eigenvalue weighted by Gasteiger charge is -2.31. The summed E-state index contributed by atoms with van der Waals surface area (Å²) >= 11 is 0. The molecule has 1 aromatic carbocycles. The van der Waals surface area contributed by atoms with E-state index in [9.17, 15) is 4.79 Å². The summed E-state index contributed by atoms with van der Waals surface area (Å²) in [5, 5.41) is 7.17. The van der Waals surface area contributed by atoms with Crippen LogP contribution in [0.1, 0.15) is 53.2 Å². The normalized spacial score (nSPS) is 19.4. The predicted octanol–water partition coefficient (Wildman–Crippen LogP) is 3.03. The van der Waals surface area contributed by atoms with Crippen molar-refractivity contribution in [3.05, 3.63) is 53.3 Å². The van der Waals surface area contributed by atoms with Crippen molar-refractivity contribution in [2.24, 2.45) is 0 Å². The van der Waals surface area contributed by atoms with Gasteiger partial charge in [-0.15, -0.1) is 0 Å². The minimum absolute atomic E-state index is 0.185. The van der Waals surface area contributed by atoms with Gasteiger partial charge in [-0.25, -0.2) is 0 Å². The molecule has 132 valence electrons. The van der Waals surface area contributed by atoms with Crippen LogP contribution >= 0.6 is 0 Å². The zero-order valence-electron chi connectivity index (χ0n) is 14.7. The fourth-order valence-electron chi connectivity index (χ4n) is 4.01. The number of aromatic nitrogens is 2. The van der Waals surface area contributed by atoms with Crippen molar-refractivity contribution < 1.29 is 4.79 Å². The molecule has 3 heterocycles. The average molecular weight is 338 g/mol. The van der Waals surface area contributed by atoms with Crippen LogP contribution in [0.4, 0.5) is 0 Å². The molecule has 2 aliphatic heterocycles. The number of carbonyl (C=O) groups excluding carboxylic acids is 1. The number of aromatic amines is 1. The quantitative estimate of drug-likeness (QED) is 0.932. The number of amides is 1. The number of likely N-dealkylation sites (tertiary alicyclic amines) is 2. The number of benzene rings is 1. The Morgan fingerprint density at radius 2 is 1.76 bits per heavy atom. The summed E-state index contributed by atoms with van der Waals surface area (Å²) in [5.74, 6) is 0.795. The number of nitrogens with zero attached hydrogens (tertiary/aromatic N) is 3. The fraction of sp³-hybridized carbons (Fsp3) is 0.500. The van der Waals surface area contributed by atoms with Crippen LogP contribution in [0, 0.1) is 0 Å². The van der Waals surface area contributed by atoms with Crippen LogP contribution < -0.4 is 0 Å². The maximum absolute atomic E-state index is 12.4. The van der Waals surface area contributed by atoms with Crippen molar-refractivity contribution in [3.8, 4) is 0 Å². The Balaban J connectivity index is 1.30. The SMILES string of the molecule is O=C(c1ccc(CN2CCC(c3ccn[nH]3)CC2)cc1)N1CCCC1. The zero-order chi connectivity index (χ0) is 17.1. The van der Waals surface area contributed by atoms with Crippen molar-refractivity contribution >= 4 is 5.91 Å². The summed E-state index contributed by atoms with van der Waals surface area (Å²) in [4.78, 5) is 16.9. The van der Waals surface area contributed by atoms with Crippen LogP contribution in [0.15, 0.2) is 36.5 Å². The molecule has 0 bridgehead atoms. The molecule has 5 nitrogen and oxygen atoms in total. The second-order valence-electron chi connectivity index (χ2n) is 7.26. The monoisotopic (exact) mass is 338 g/mol. The standard InChI is InChI=1S/C20H26N4O/c25-20(24-11-1-2-12-24)18-5-3-16(4-6-18)15-23-13-8-17(9-14-23)19-7-10-21-22-19/h3-7,10,17H,1-2,8-9,11-15H2,(H,21,22). The largest absolute Gasteiger partial charge is 0.339 e. The first-order chi connectivity index (χ1) is 12.3. The highest BCUT2D eigenvalue weighted by Crippen LogP contribution is 2.27. The number of rotatable bonds is 4. The Morgan fingerprint density at radius 3 is 2.40 bits per heavy atom. The Morgan fingerprint density at radius 1 is 1.04 bits per heavy atom. The molecule has 1 N–H and O–H groups in total. The molecule has 2 aromatic rings. The molecular weight excluding hydrogens is 312 g/mol. The topological polar surface area (TPSA) is 52.2 Å². The molecule has 0 saturated carbocycles. The molecule has 0 spiro atoms. The van der Waals surface area contributed by atoms with Crippen LogP contribution in [0.3, 0.4) is 0 Å². The van der Waals surface area contributed by atoms with Gasteiger partial charge in [-0.3, -0.25) is 14.8 Å². The first-order valence-corrected chi connectivity index (χ1v) is 9.39. The van der Waals surface area contributed by atoms with Crippen LogP contribution in [0.2, 0.25) is 0 Å². The molecular formula is C20H26N4O. The lowest BCUT2D eigenvalue weighted by Crippen LogP contribution is -2.32. The molecule has 2 aliphatic rings. The predicted molar refractivity (Wildman–Crippen MR) is 97.4 cm³/mol. The molecule has 0 aliphatic carbocycles. The van der Waals surface area contributed by atoms with Crippen LogP contribution in [-0.2, 0) is 6.54 Å². The third-order valence-electron chi connectivity index (χ3n) is 5.55. The van der Waals surface area contributed by atoms with Gasteiger partial charge >= 0.3 is 0 Å². The number of carbonyl (C=O) groups is 1. The smallest absolute Gasteiger partial charge is 0.253 e. The number of H-pyrrole nitrogens is 1. The first-order valence-electron chi connectivity index (χ1n) is 9.39. The van der Waals surface area contributed by atoms with Gasteiger partial charge < -0.3 is 4.90 Å². The van der Waals surface area contributed by atoms with Crippen LogP contribution in [0.5, 0.6) is 0 Å². The third-order valence-corrected chi connectivity index (χ3v) is 5.55. The van der Waals surface area contributed by atoms with E-state index in [4.69, 9.17) is 0 Å². The van der Waals surface area contributed by atoms with E-state index in [-0.39, 0.29) is 5.91 Å². The second kappa shape index (κ2) is 7.40. The number of piperidine rings is 1. The van der Waals surface area contributed by atoms with Gasteiger partial charge in [-0.2, -0.15) is 5.10 Å². The number of hydrogen-bond donors (Lipinski definition) is 1. The Kier molecular flexibility index (Phi) is 4.83. The van der Waals surface area contributed by atoms with Gasteiger partial charge in [0.2, 0.25) is 0 Å². The van der Waals surface area contributed by atoms with Gasteiger partial charge in [-0.1, -0.05) is 12.1 Å². The van der Waals surface area contributed by atoms with Gasteiger partial charge in [0.25, 0.3) is 5.91 Å². The summed E-state index contributed by atoms with van der Waals surface area (Å²) in [6.45, 7) is 5.00. The minimum atomic E-state index is 0.185. The van der Waals surface area contributed by atoms with Gasteiger partial charge in [0.15, 0.2) is 0 Å². The molecule has 5 heteroatoms. The zero-order valence-corrected chi connectivity index (χ0v) is 14.7. The van der Waals surface area contributed by atoms with Gasteiger partial charge in [0.05, 0.1) is 0 Å². The molecule has 0 unspecified atom stereocenters. The van der Waals surface area contributed by atoms with Crippen LogP contribution in [0.25, 0.3) is 0 Å². The Hall–Kier alpha value is -2.14. The van der Waals surface area contributed by atoms with Crippen molar-refractivity contribution in [1.29, 1.82) is 0 Å². The van der Waals surface area contributed by atoms with E-state index >= 15 is 0 Å². The van der Waals surface area contributed by atoms with Gasteiger partial charge in [0, 0.05) is 43.0 Å². The maximum atomic E-state index is 12.4. The highest BCUT2D eigenvalue weighted by atomic mass is 16.2. The highest BCUT2D eigenvalue weighted by molar-refractivity contribution is 5.94. The first kappa shape index (κ1) is 16.3. The third kappa shape index (κ3) is 3.76. The number of nitrogens with one attached hydrogen (secondary N) is 1. The second-order valence-corrected chi connectivity index (χ2v) is 7.26. The van der Waals surface area contributed by atoms with Crippen molar-refractivity contribution in [1.82, 2.24) is 20.0 Å². The summed E-state index contributed by atoms with van der Waals surface area (Å²) in [5.41, 5.74) is 3.38. The van der Waals surface area contributed by atoms with Crippen molar-refractivity contribution in [2.45, 2.75) is 38.1 Å². The van der Waals surface area contributed by atoms with E-state index in [2.05, 4.69) is 33.3 Å². The Bertz CT molecular complexity index is 681. The summed E-state index contributed by atoms with van der Waals surface area (Å²) < 4.78 is 0. The molecule has 4 rings (SSSR count). The molecule has 2 fully saturated rings. The van der Waals surface area contributed by atoms with Crippen molar-refractivity contribution in [2.75, 3.05) is 26.2 Å². The highest BCUT2D eigenvalue weighted by Gasteiger charge is 2.22. The molecule has 25 heavy (non-hydrogen) atoms. The molecule has 0 atom stereocenters. The van der Waals surface area contributed by atoms with E-state index in [1.165, 1.54) is 24.1 Å². The van der Waals surface area contributed by atoms with E-state index < -0.39 is 0 Å². The summed E-state index contributed by atoms with van der Waals surface area (Å²) in [6, 6.07) is 10.3. The van der Waals surface area contributed by atoms with E-state index in [1.807, 2.05) is 23.2 Å². The van der Waals surface area contributed by atoms with Crippen LogP contribution in [-0.4, -0.2) is 52.1 Å². The van der Waals surface area contributed by atoms with Gasteiger partial charge in [-0.05, 0) is 62.5 Å². The lowest BCUT2D eigenvalue weighted by molar-refractivity contribution is 0.0793. The van der Waals surface area contributed by atoms with E-state index in [0.29, 0.717) is 5.92 Å². The number of hydrogen-bond acceptors (Lipinski definition) is 3. The summed E-state index contributed by atoms with van der Waals surface area (Å²) in [6.07, 6.45) is 6.46. The minimum Gasteiger partial charge on any atom is -0.339 e. The maximum Gasteiger partial charge on any atom is 0.253 e. The van der Waals surface area contributed by atoms with E-state index in [1.54, 1.807) is 0 Å². The van der Waals surface area contributed by atoms with Gasteiger partial charge in [0.1, 0.15) is 0 Å². The molecule has 1 amide bonds. The fourth-order valence-corrected chi connectivity index (χ4v) is 4.01. The molecule has 1 aromatic heterocycles. The molecule has 0 radical (unpaired) electrons. The summed E-state index contributed by atoms with van der Waals surface area (Å²) in [7, 11) is 0.